The first-order valence-corrected chi connectivity index (χ1v) is 6.86. The molecule has 1 saturated heterocycles. The van der Waals surface area contributed by atoms with Crippen molar-refractivity contribution in [2.75, 3.05) is 24.6 Å². The monoisotopic (exact) mass is 302 g/mol. The van der Waals surface area contributed by atoms with Gasteiger partial charge >= 0.3 is 12.1 Å². The number of pyridine rings is 1. The third-order valence-corrected chi connectivity index (χ3v) is 3.51. The van der Waals surface area contributed by atoms with Gasteiger partial charge in [0.2, 0.25) is 0 Å². The maximum absolute atomic E-state index is 12.5. The minimum absolute atomic E-state index is 0.129. The highest BCUT2D eigenvalue weighted by molar-refractivity contribution is 5.72. The van der Waals surface area contributed by atoms with Crippen LogP contribution >= 0.6 is 0 Å². The number of esters is 1. The standard InChI is InChI=1S/C14H17F3N2O2/c1-2-21-13(20)10-5-7-19(8-6-10)12-4-3-11(9-18-12)14(15,16)17/h3-4,9-10H,2,5-8H2,1H3. The molecule has 4 nitrogen and oxygen atoms in total. The Morgan fingerprint density at radius 3 is 2.52 bits per heavy atom. The third-order valence-electron chi connectivity index (χ3n) is 3.51. The van der Waals surface area contributed by atoms with Crippen molar-refractivity contribution >= 4 is 11.8 Å². The summed E-state index contributed by atoms with van der Waals surface area (Å²) in [5, 5.41) is 0. The van der Waals surface area contributed by atoms with E-state index in [0.29, 0.717) is 38.4 Å². The van der Waals surface area contributed by atoms with Crippen LogP contribution in [0, 0.1) is 5.92 Å². The molecule has 2 heterocycles. The number of alkyl halides is 3. The third kappa shape index (κ3) is 3.86. The molecule has 1 aromatic rings. The van der Waals surface area contributed by atoms with Crippen molar-refractivity contribution in [1.82, 2.24) is 4.98 Å². The number of carbonyl (C=O) groups is 1. The van der Waals surface area contributed by atoms with Crippen molar-refractivity contribution in [3.8, 4) is 0 Å². The Morgan fingerprint density at radius 2 is 2.05 bits per heavy atom. The van der Waals surface area contributed by atoms with Crippen LogP contribution in [-0.4, -0.2) is 30.6 Å². The van der Waals surface area contributed by atoms with E-state index in [1.165, 1.54) is 6.07 Å². The first-order chi connectivity index (χ1) is 9.91. The van der Waals surface area contributed by atoms with Crippen LogP contribution in [0.1, 0.15) is 25.3 Å². The molecule has 0 aromatic carbocycles. The molecule has 0 radical (unpaired) electrons. The predicted octanol–water partition coefficient (Wildman–Crippen LogP) is 2.88. The minimum Gasteiger partial charge on any atom is -0.466 e. The van der Waals surface area contributed by atoms with E-state index >= 15 is 0 Å². The van der Waals surface area contributed by atoms with Crippen LogP contribution in [0.4, 0.5) is 19.0 Å². The van der Waals surface area contributed by atoms with Crippen LogP contribution in [0.2, 0.25) is 0 Å². The normalized spacial score (nSPS) is 16.9. The first-order valence-electron chi connectivity index (χ1n) is 6.86. The minimum atomic E-state index is -4.37. The summed E-state index contributed by atoms with van der Waals surface area (Å²) >= 11 is 0. The average molecular weight is 302 g/mol. The molecule has 1 aromatic heterocycles. The zero-order chi connectivity index (χ0) is 15.5. The van der Waals surface area contributed by atoms with Gasteiger partial charge in [0.15, 0.2) is 0 Å². The van der Waals surface area contributed by atoms with E-state index in [9.17, 15) is 18.0 Å². The Labute approximate surface area is 120 Å². The highest BCUT2D eigenvalue weighted by Crippen LogP contribution is 2.30. The van der Waals surface area contributed by atoms with Crippen molar-refractivity contribution in [1.29, 1.82) is 0 Å². The molecular weight excluding hydrogens is 285 g/mol. The van der Waals surface area contributed by atoms with Gasteiger partial charge in [-0.1, -0.05) is 0 Å². The quantitative estimate of drug-likeness (QED) is 0.805. The molecule has 1 aliphatic rings. The summed E-state index contributed by atoms with van der Waals surface area (Å²) in [5.41, 5.74) is -0.757. The van der Waals surface area contributed by atoms with Gasteiger partial charge in [-0.3, -0.25) is 4.79 Å². The number of hydrogen-bond donors (Lipinski definition) is 0. The van der Waals surface area contributed by atoms with Crippen LogP contribution in [0.5, 0.6) is 0 Å². The highest BCUT2D eigenvalue weighted by Gasteiger charge is 2.31. The molecule has 0 saturated carbocycles. The van der Waals surface area contributed by atoms with Gasteiger partial charge in [-0.05, 0) is 31.9 Å². The number of hydrogen-bond acceptors (Lipinski definition) is 4. The summed E-state index contributed by atoms with van der Waals surface area (Å²) in [6, 6.07) is 2.40. The summed E-state index contributed by atoms with van der Waals surface area (Å²) in [4.78, 5) is 17.4. The lowest BCUT2D eigenvalue weighted by Crippen LogP contribution is -2.37. The summed E-state index contributed by atoms with van der Waals surface area (Å²) < 4.78 is 42.4. The Morgan fingerprint density at radius 1 is 1.38 bits per heavy atom. The van der Waals surface area contributed by atoms with Crippen LogP contribution in [-0.2, 0) is 15.7 Å². The van der Waals surface area contributed by atoms with Crippen molar-refractivity contribution in [2.24, 2.45) is 5.92 Å². The molecule has 7 heteroatoms. The van der Waals surface area contributed by atoms with E-state index in [2.05, 4.69) is 4.98 Å². The van der Waals surface area contributed by atoms with Gasteiger partial charge in [-0.15, -0.1) is 0 Å². The maximum Gasteiger partial charge on any atom is 0.417 e. The highest BCUT2D eigenvalue weighted by atomic mass is 19.4. The molecule has 0 unspecified atom stereocenters. The summed E-state index contributed by atoms with van der Waals surface area (Å²) in [5.74, 6) is 0.179. The molecule has 0 spiro atoms. The second-order valence-electron chi connectivity index (χ2n) is 4.92. The van der Waals surface area contributed by atoms with E-state index in [1.54, 1.807) is 6.92 Å². The van der Waals surface area contributed by atoms with E-state index in [-0.39, 0.29) is 11.9 Å². The molecular formula is C14H17F3N2O2. The van der Waals surface area contributed by atoms with Crippen LogP contribution < -0.4 is 4.90 Å². The number of piperidine rings is 1. The Bertz CT molecular complexity index is 480. The number of halogens is 3. The fourth-order valence-electron chi connectivity index (χ4n) is 2.35. The van der Waals surface area contributed by atoms with Gasteiger partial charge in [0.1, 0.15) is 5.82 Å². The van der Waals surface area contributed by atoms with Crippen molar-refractivity contribution < 1.29 is 22.7 Å². The van der Waals surface area contributed by atoms with E-state index in [1.807, 2.05) is 4.90 Å². The van der Waals surface area contributed by atoms with E-state index < -0.39 is 11.7 Å². The molecule has 0 atom stereocenters. The summed E-state index contributed by atoms with van der Waals surface area (Å²) in [6.07, 6.45) is -2.28. The van der Waals surface area contributed by atoms with Crippen LogP contribution in [0.3, 0.4) is 0 Å². The smallest absolute Gasteiger partial charge is 0.417 e. The lowest BCUT2D eigenvalue weighted by atomic mass is 9.97. The molecule has 116 valence electrons. The molecule has 0 bridgehead atoms. The van der Waals surface area contributed by atoms with Gasteiger partial charge in [-0.25, -0.2) is 4.98 Å². The van der Waals surface area contributed by atoms with Gasteiger partial charge in [0.25, 0.3) is 0 Å². The summed E-state index contributed by atoms with van der Waals surface area (Å²) in [7, 11) is 0. The molecule has 1 fully saturated rings. The number of rotatable bonds is 3. The number of carbonyl (C=O) groups excluding carboxylic acids is 1. The van der Waals surface area contributed by atoms with Crippen LogP contribution in [0.25, 0.3) is 0 Å². The zero-order valence-electron chi connectivity index (χ0n) is 11.7. The predicted molar refractivity (Wildman–Crippen MR) is 70.8 cm³/mol. The molecule has 0 N–H and O–H groups in total. The van der Waals surface area contributed by atoms with Crippen molar-refractivity contribution in [3.63, 3.8) is 0 Å². The lowest BCUT2D eigenvalue weighted by molar-refractivity contribution is -0.148. The molecule has 21 heavy (non-hydrogen) atoms. The fourth-order valence-corrected chi connectivity index (χ4v) is 2.35. The van der Waals surface area contributed by atoms with Gasteiger partial charge in [0, 0.05) is 19.3 Å². The Hall–Kier alpha value is -1.79. The van der Waals surface area contributed by atoms with Gasteiger partial charge in [0.05, 0.1) is 18.1 Å². The second-order valence-corrected chi connectivity index (χ2v) is 4.92. The fraction of sp³-hybridized carbons (Fsp3) is 0.571. The topological polar surface area (TPSA) is 42.4 Å². The average Bonchev–Trinajstić information content (AvgIpc) is 2.47. The summed E-state index contributed by atoms with van der Waals surface area (Å²) in [6.45, 7) is 3.29. The molecule has 0 aliphatic carbocycles. The van der Waals surface area contributed by atoms with Crippen molar-refractivity contribution in [3.05, 3.63) is 23.9 Å². The molecule has 1 aliphatic heterocycles. The molecule has 0 amide bonds. The zero-order valence-corrected chi connectivity index (χ0v) is 11.7. The second kappa shape index (κ2) is 6.32. The first kappa shape index (κ1) is 15.6. The van der Waals surface area contributed by atoms with Gasteiger partial charge < -0.3 is 9.64 Å². The van der Waals surface area contributed by atoms with Crippen LogP contribution in [0.15, 0.2) is 18.3 Å². The van der Waals surface area contributed by atoms with E-state index in [0.717, 1.165) is 12.3 Å². The lowest BCUT2D eigenvalue weighted by Gasteiger charge is -2.31. The maximum atomic E-state index is 12.5. The largest absolute Gasteiger partial charge is 0.466 e. The van der Waals surface area contributed by atoms with E-state index in [4.69, 9.17) is 4.74 Å². The van der Waals surface area contributed by atoms with Gasteiger partial charge in [-0.2, -0.15) is 13.2 Å². The molecule has 2 rings (SSSR count). The van der Waals surface area contributed by atoms with Crippen molar-refractivity contribution in [2.45, 2.75) is 25.9 Å². The number of nitrogens with zero attached hydrogens (tertiary/aromatic N) is 2. The SMILES string of the molecule is CCOC(=O)C1CCN(c2ccc(C(F)(F)F)cn2)CC1. The number of ether oxygens (including phenoxy) is 1. The number of aromatic nitrogens is 1. The Balaban J connectivity index is 1.95. The Kier molecular flexibility index (Phi) is 4.69. The number of anilines is 1.